The summed E-state index contributed by atoms with van der Waals surface area (Å²) in [7, 11) is 0. The Morgan fingerprint density at radius 1 is 1.10 bits per heavy atom. The normalized spacial score (nSPS) is 12.2. The maximum atomic E-state index is 12.4. The number of fused-ring (bicyclic) bond motifs is 1. The molecule has 0 atom stereocenters. The van der Waals surface area contributed by atoms with E-state index in [-0.39, 0.29) is 18.5 Å². The van der Waals surface area contributed by atoms with Crippen LogP contribution in [0.4, 0.5) is 5.69 Å². The first-order valence-electron chi connectivity index (χ1n) is 8.70. The molecule has 0 fully saturated rings. The summed E-state index contributed by atoms with van der Waals surface area (Å²) >= 11 is 0. The quantitative estimate of drug-likeness (QED) is 0.565. The van der Waals surface area contributed by atoms with Crippen molar-refractivity contribution in [1.82, 2.24) is 25.1 Å². The third-order valence-electron chi connectivity index (χ3n) is 4.27. The molecule has 2 aromatic carbocycles. The Kier molecular flexibility index (Phi) is 3.94. The number of nitrogens with zero attached hydrogens (tertiary/aromatic N) is 5. The SMILES string of the molecule is Cc1ccc(-n2cc(-c3noc(C(=O)Nc4ccc5c(c4)OCO5)n3)nn2)cc1. The van der Waals surface area contributed by atoms with Crippen molar-refractivity contribution in [3.63, 3.8) is 0 Å². The summed E-state index contributed by atoms with van der Waals surface area (Å²) in [6.45, 7) is 2.16. The molecule has 1 N–H and O–H groups in total. The predicted octanol–water partition coefficient (Wildman–Crippen LogP) is 2.61. The molecule has 2 aromatic heterocycles. The van der Waals surface area contributed by atoms with Crippen molar-refractivity contribution < 1.29 is 18.8 Å². The number of hydrogen-bond donors (Lipinski definition) is 1. The summed E-state index contributed by atoms with van der Waals surface area (Å²) in [6, 6.07) is 12.9. The highest BCUT2D eigenvalue weighted by Crippen LogP contribution is 2.34. The number of nitrogens with one attached hydrogen (secondary N) is 1. The van der Waals surface area contributed by atoms with Gasteiger partial charge < -0.3 is 19.3 Å². The number of hydrogen-bond acceptors (Lipinski definition) is 8. The first kappa shape index (κ1) is 16.9. The van der Waals surface area contributed by atoms with E-state index in [2.05, 4.69) is 25.8 Å². The first-order valence-corrected chi connectivity index (χ1v) is 8.70. The summed E-state index contributed by atoms with van der Waals surface area (Å²) in [5, 5.41) is 14.6. The molecule has 0 bridgehead atoms. The van der Waals surface area contributed by atoms with Crippen LogP contribution in [-0.2, 0) is 0 Å². The summed E-state index contributed by atoms with van der Waals surface area (Å²) in [5.41, 5.74) is 2.89. The van der Waals surface area contributed by atoms with E-state index in [4.69, 9.17) is 14.0 Å². The minimum absolute atomic E-state index is 0.156. The van der Waals surface area contributed by atoms with Gasteiger partial charge in [0.1, 0.15) is 0 Å². The fourth-order valence-corrected chi connectivity index (χ4v) is 2.77. The zero-order chi connectivity index (χ0) is 19.8. The van der Waals surface area contributed by atoms with Crippen molar-refractivity contribution in [3.8, 4) is 28.7 Å². The van der Waals surface area contributed by atoms with Gasteiger partial charge in [0, 0.05) is 11.8 Å². The lowest BCUT2D eigenvalue weighted by Gasteiger charge is -2.03. The van der Waals surface area contributed by atoms with Gasteiger partial charge >= 0.3 is 11.8 Å². The third kappa shape index (κ3) is 3.27. The number of benzene rings is 2. The van der Waals surface area contributed by atoms with Crippen LogP contribution in [0.25, 0.3) is 17.2 Å². The molecule has 3 heterocycles. The molecule has 0 saturated carbocycles. The molecule has 0 saturated heterocycles. The number of amides is 1. The predicted molar refractivity (Wildman–Crippen MR) is 99.9 cm³/mol. The molecule has 144 valence electrons. The molecule has 0 radical (unpaired) electrons. The van der Waals surface area contributed by atoms with Crippen LogP contribution in [-0.4, -0.2) is 37.8 Å². The highest BCUT2D eigenvalue weighted by molar-refractivity contribution is 6.01. The zero-order valence-electron chi connectivity index (χ0n) is 15.2. The smallest absolute Gasteiger partial charge is 0.316 e. The van der Waals surface area contributed by atoms with E-state index in [1.54, 1.807) is 29.1 Å². The standard InChI is InChI=1S/C19H14N6O4/c1-11-2-5-13(6-3-11)25-9-14(22-24-25)17-21-19(29-23-17)18(26)20-12-4-7-15-16(8-12)28-10-27-15/h2-9H,10H2,1H3,(H,20,26). The number of carbonyl (C=O) groups excluding carboxylic acids is 1. The molecule has 1 aliphatic rings. The molecule has 10 nitrogen and oxygen atoms in total. The van der Waals surface area contributed by atoms with Crippen molar-refractivity contribution in [2.24, 2.45) is 0 Å². The average Bonchev–Trinajstić information content (AvgIpc) is 3.47. The number of carbonyl (C=O) groups is 1. The van der Waals surface area contributed by atoms with Crippen LogP contribution < -0.4 is 14.8 Å². The van der Waals surface area contributed by atoms with Gasteiger partial charge in [-0.3, -0.25) is 4.79 Å². The van der Waals surface area contributed by atoms with E-state index >= 15 is 0 Å². The highest BCUT2D eigenvalue weighted by Gasteiger charge is 2.20. The largest absolute Gasteiger partial charge is 0.454 e. The third-order valence-corrected chi connectivity index (χ3v) is 4.27. The van der Waals surface area contributed by atoms with Crippen molar-refractivity contribution in [1.29, 1.82) is 0 Å². The Morgan fingerprint density at radius 3 is 2.79 bits per heavy atom. The second kappa shape index (κ2) is 6.75. The fourth-order valence-electron chi connectivity index (χ4n) is 2.77. The molecule has 0 aliphatic carbocycles. The molecule has 1 amide bonds. The van der Waals surface area contributed by atoms with Crippen LogP contribution in [0.1, 0.15) is 16.2 Å². The second-order valence-electron chi connectivity index (χ2n) is 6.33. The average molecular weight is 390 g/mol. The molecular formula is C19H14N6O4. The van der Waals surface area contributed by atoms with Gasteiger partial charge in [-0.25, -0.2) is 4.68 Å². The van der Waals surface area contributed by atoms with Crippen LogP contribution in [0.2, 0.25) is 0 Å². The fraction of sp³-hybridized carbons (Fsp3) is 0.105. The van der Waals surface area contributed by atoms with E-state index in [9.17, 15) is 4.79 Å². The molecular weight excluding hydrogens is 376 g/mol. The Bertz CT molecular complexity index is 1200. The Labute approximate surface area is 164 Å². The molecule has 29 heavy (non-hydrogen) atoms. The highest BCUT2D eigenvalue weighted by atomic mass is 16.7. The van der Waals surface area contributed by atoms with E-state index in [1.165, 1.54) is 0 Å². The maximum absolute atomic E-state index is 12.4. The van der Waals surface area contributed by atoms with Crippen molar-refractivity contribution >= 4 is 11.6 Å². The van der Waals surface area contributed by atoms with E-state index in [0.717, 1.165) is 11.3 Å². The first-order chi connectivity index (χ1) is 14.2. The van der Waals surface area contributed by atoms with E-state index < -0.39 is 5.91 Å². The molecule has 5 rings (SSSR count). The number of aryl methyl sites for hydroxylation is 1. The monoisotopic (exact) mass is 390 g/mol. The lowest BCUT2D eigenvalue weighted by atomic mass is 10.2. The number of rotatable bonds is 4. The van der Waals surface area contributed by atoms with Crippen LogP contribution >= 0.6 is 0 Å². The zero-order valence-corrected chi connectivity index (χ0v) is 15.2. The van der Waals surface area contributed by atoms with Gasteiger partial charge in [0.05, 0.1) is 11.9 Å². The van der Waals surface area contributed by atoms with Crippen molar-refractivity contribution in [3.05, 3.63) is 60.1 Å². The number of ether oxygens (including phenoxy) is 2. The lowest BCUT2D eigenvalue weighted by Crippen LogP contribution is -2.12. The van der Waals surface area contributed by atoms with Gasteiger partial charge in [0.25, 0.3) is 0 Å². The van der Waals surface area contributed by atoms with Crippen LogP contribution in [0.3, 0.4) is 0 Å². The Hall–Kier alpha value is -4.21. The summed E-state index contributed by atoms with van der Waals surface area (Å²) < 4.78 is 17.2. The second-order valence-corrected chi connectivity index (χ2v) is 6.33. The number of aromatic nitrogens is 5. The molecule has 0 unspecified atom stereocenters. The molecule has 4 aromatic rings. The van der Waals surface area contributed by atoms with Gasteiger partial charge in [-0.15, -0.1) is 5.10 Å². The maximum Gasteiger partial charge on any atom is 0.316 e. The lowest BCUT2D eigenvalue weighted by molar-refractivity contribution is 0.0981. The summed E-state index contributed by atoms with van der Waals surface area (Å²) in [5.74, 6) is 0.608. The van der Waals surface area contributed by atoms with Gasteiger partial charge in [-0.1, -0.05) is 28.1 Å². The Morgan fingerprint density at radius 2 is 1.93 bits per heavy atom. The van der Waals surface area contributed by atoms with E-state index in [0.29, 0.717) is 22.9 Å². The number of anilines is 1. The molecule has 10 heteroatoms. The summed E-state index contributed by atoms with van der Waals surface area (Å²) in [6.07, 6.45) is 1.66. The van der Waals surface area contributed by atoms with Gasteiger partial charge in [-0.05, 0) is 31.2 Å². The van der Waals surface area contributed by atoms with Crippen LogP contribution in [0, 0.1) is 6.92 Å². The molecule has 0 spiro atoms. The Balaban J connectivity index is 1.33. The van der Waals surface area contributed by atoms with Gasteiger partial charge in [0.15, 0.2) is 17.2 Å². The minimum Gasteiger partial charge on any atom is -0.454 e. The van der Waals surface area contributed by atoms with Crippen LogP contribution in [0.15, 0.2) is 53.2 Å². The summed E-state index contributed by atoms with van der Waals surface area (Å²) in [4.78, 5) is 16.5. The molecule has 1 aliphatic heterocycles. The topological polar surface area (TPSA) is 117 Å². The van der Waals surface area contributed by atoms with Gasteiger partial charge in [-0.2, -0.15) is 4.98 Å². The van der Waals surface area contributed by atoms with E-state index in [1.807, 2.05) is 31.2 Å². The minimum atomic E-state index is -0.548. The van der Waals surface area contributed by atoms with Crippen LogP contribution in [0.5, 0.6) is 11.5 Å². The van der Waals surface area contributed by atoms with Gasteiger partial charge in [0.2, 0.25) is 12.6 Å². The van der Waals surface area contributed by atoms with Crippen molar-refractivity contribution in [2.45, 2.75) is 6.92 Å². The van der Waals surface area contributed by atoms with Crippen molar-refractivity contribution in [2.75, 3.05) is 12.1 Å².